The van der Waals surface area contributed by atoms with Crippen molar-refractivity contribution in [3.8, 4) is 5.75 Å². The van der Waals surface area contributed by atoms with Gasteiger partial charge in [0.25, 0.3) is 5.09 Å². The second kappa shape index (κ2) is 8.13. The fourth-order valence-corrected chi connectivity index (χ4v) is 0.960. The minimum atomic E-state index is -1.50. The summed E-state index contributed by atoms with van der Waals surface area (Å²) in [6.07, 6.45) is -0.488. The number of guanidine groups is 1. The van der Waals surface area contributed by atoms with Crippen LogP contribution in [-0.4, -0.2) is 41.3 Å². The van der Waals surface area contributed by atoms with Crippen LogP contribution in [-0.2, 0) is 0 Å². The van der Waals surface area contributed by atoms with Gasteiger partial charge in [0.2, 0.25) is 0 Å². The molecule has 0 saturated carbocycles. The first kappa shape index (κ1) is 17.0. The van der Waals surface area contributed by atoms with E-state index in [1.165, 1.54) is 4.90 Å². The van der Waals surface area contributed by atoms with Crippen LogP contribution in [0.15, 0.2) is 29.3 Å². The van der Waals surface area contributed by atoms with Crippen molar-refractivity contribution in [2.45, 2.75) is 0 Å². The highest BCUT2D eigenvalue weighted by Crippen LogP contribution is 2.26. The summed E-state index contributed by atoms with van der Waals surface area (Å²) in [5.41, 5.74) is 10.9. The zero-order chi connectivity index (χ0) is 15.7. The smallest absolute Gasteiger partial charge is 0.408 e. The molecular weight excluding hydrogens is 270 g/mol. The molecule has 1 aromatic rings. The largest absolute Gasteiger partial charge is 0.414 e. The summed E-state index contributed by atoms with van der Waals surface area (Å²) in [6, 6.07) is 6.74. The van der Waals surface area contributed by atoms with Gasteiger partial charge in [0.15, 0.2) is 11.7 Å². The fraction of sp³-hybridized carbons (Fsp3) is 0.200. The Bertz CT molecular complexity index is 495. The first-order valence-corrected chi connectivity index (χ1v) is 5.15. The van der Waals surface area contributed by atoms with Gasteiger partial charge in [-0.25, -0.2) is 9.79 Å². The van der Waals surface area contributed by atoms with Crippen molar-refractivity contribution in [1.82, 2.24) is 4.90 Å². The van der Waals surface area contributed by atoms with E-state index in [1.54, 1.807) is 38.4 Å². The van der Waals surface area contributed by atoms with Gasteiger partial charge in [-0.15, -0.1) is 10.1 Å². The van der Waals surface area contributed by atoms with E-state index in [1.807, 2.05) is 0 Å². The molecule has 0 atom stereocenters. The van der Waals surface area contributed by atoms with Crippen molar-refractivity contribution in [1.29, 1.82) is 0 Å². The molecule has 10 nitrogen and oxygen atoms in total. The van der Waals surface area contributed by atoms with Gasteiger partial charge >= 0.3 is 6.09 Å². The Labute approximate surface area is 114 Å². The Morgan fingerprint density at radius 2 is 1.90 bits per heavy atom. The number of nitrogens with zero attached hydrogens (tertiary/aromatic N) is 3. The van der Waals surface area contributed by atoms with Crippen LogP contribution in [0.25, 0.3) is 0 Å². The van der Waals surface area contributed by atoms with Gasteiger partial charge in [-0.2, -0.15) is 0 Å². The number of ether oxygens (including phenoxy) is 1. The number of carbonyl (C=O) groups excluding carboxylic acids is 1. The standard InChI is InChI=1S/C10H14N4O2.HNO3/c1-14(2)10(15)16-8-6-4-3-5-7(8)13-9(11)12;2-1(3)4/h3-6H,1-2H3,(H4,11,12,13);(H,2,3,4). The average molecular weight is 285 g/mol. The molecule has 10 heteroatoms. The Kier molecular flexibility index (Phi) is 6.89. The first-order valence-electron chi connectivity index (χ1n) is 5.15. The number of benzene rings is 1. The quantitative estimate of drug-likeness (QED) is 0.305. The molecule has 5 N–H and O–H groups in total. The number of rotatable bonds is 2. The molecule has 1 amide bonds. The summed E-state index contributed by atoms with van der Waals surface area (Å²) in [6.45, 7) is 0. The van der Waals surface area contributed by atoms with Gasteiger partial charge in [-0.05, 0) is 12.1 Å². The summed E-state index contributed by atoms with van der Waals surface area (Å²) in [5.74, 6) is 0.225. The maximum absolute atomic E-state index is 11.3. The summed E-state index contributed by atoms with van der Waals surface area (Å²) in [5, 5.41) is 13.6. The summed E-state index contributed by atoms with van der Waals surface area (Å²) >= 11 is 0. The molecule has 0 aromatic heterocycles. The lowest BCUT2D eigenvalue weighted by molar-refractivity contribution is -0.742. The second-order valence-corrected chi connectivity index (χ2v) is 3.50. The minimum absolute atomic E-state index is 0.0895. The molecule has 110 valence electrons. The van der Waals surface area contributed by atoms with Gasteiger partial charge in [0, 0.05) is 14.1 Å². The number of hydrogen-bond donors (Lipinski definition) is 3. The molecule has 1 rings (SSSR count). The zero-order valence-corrected chi connectivity index (χ0v) is 10.9. The first-order chi connectivity index (χ1) is 9.23. The predicted molar refractivity (Wildman–Crippen MR) is 70.4 cm³/mol. The van der Waals surface area contributed by atoms with Crippen LogP contribution in [0.5, 0.6) is 5.75 Å². The van der Waals surface area contributed by atoms with E-state index in [0.717, 1.165) is 0 Å². The van der Waals surface area contributed by atoms with E-state index in [9.17, 15) is 4.79 Å². The number of aliphatic imine (C=N–C) groups is 1. The van der Waals surface area contributed by atoms with Gasteiger partial charge in [-0.1, -0.05) is 12.1 Å². The molecule has 0 radical (unpaired) electrons. The highest BCUT2D eigenvalue weighted by Gasteiger charge is 2.09. The molecule has 0 unspecified atom stereocenters. The Hall–Kier alpha value is -3.04. The van der Waals surface area contributed by atoms with Crippen molar-refractivity contribution < 1.29 is 19.8 Å². The van der Waals surface area contributed by atoms with E-state index in [0.29, 0.717) is 11.4 Å². The van der Waals surface area contributed by atoms with Crippen LogP contribution < -0.4 is 16.2 Å². The zero-order valence-electron chi connectivity index (χ0n) is 10.9. The van der Waals surface area contributed by atoms with Crippen molar-refractivity contribution in [2.75, 3.05) is 14.1 Å². The average Bonchev–Trinajstić information content (AvgIpc) is 2.30. The monoisotopic (exact) mass is 285 g/mol. The number of para-hydroxylation sites is 2. The van der Waals surface area contributed by atoms with Crippen LogP contribution in [0, 0.1) is 10.1 Å². The van der Waals surface area contributed by atoms with Crippen molar-refractivity contribution in [2.24, 2.45) is 16.5 Å². The molecule has 20 heavy (non-hydrogen) atoms. The normalized spacial score (nSPS) is 8.70. The maximum atomic E-state index is 11.3. The molecule has 1 aromatic carbocycles. The van der Waals surface area contributed by atoms with E-state index in [4.69, 9.17) is 31.5 Å². The Morgan fingerprint density at radius 3 is 2.35 bits per heavy atom. The highest BCUT2D eigenvalue weighted by atomic mass is 16.9. The molecule has 0 aliphatic rings. The van der Waals surface area contributed by atoms with E-state index >= 15 is 0 Å². The van der Waals surface area contributed by atoms with Crippen molar-refractivity contribution in [3.05, 3.63) is 34.4 Å². The minimum Gasteiger partial charge on any atom is -0.408 e. The molecule has 0 fully saturated rings. The molecule has 0 heterocycles. The van der Waals surface area contributed by atoms with Crippen LogP contribution >= 0.6 is 0 Å². The van der Waals surface area contributed by atoms with Gasteiger partial charge < -0.3 is 26.3 Å². The van der Waals surface area contributed by atoms with Crippen LogP contribution in [0.3, 0.4) is 0 Å². The molecule has 0 aliphatic carbocycles. The van der Waals surface area contributed by atoms with E-state index in [-0.39, 0.29) is 5.96 Å². The van der Waals surface area contributed by atoms with Crippen LogP contribution in [0.1, 0.15) is 0 Å². The lowest BCUT2D eigenvalue weighted by Gasteiger charge is -2.11. The second-order valence-electron chi connectivity index (χ2n) is 3.50. The van der Waals surface area contributed by atoms with Crippen LogP contribution in [0.2, 0.25) is 0 Å². The highest BCUT2D eigenvalue weighted by molar-refractivity contribution is 5.81. The Morgan fingerprint density at radius 1 is 1.40 bits per heavy atom. The van der Waals surface area contributed by atoms with Gasteiger partial charge in [0.1, 0.15) is 5.69 Å². The van der Waals surface area contributed by atoms with Crippen LogP contribution in [0.4, 0.5) is 10.5 Å². The summed E-state index contributed by atoms with van der Waals surface area (Å²) in [4.78, 5) is 24.9. The number of amides is 1. The SMILES string of the molecule is CN(C)C(=O)Oc1ccccc1N=C(N)N.O=[N+]([O-])O. The Balaban J connectivity index is 0.000000796. The number of carbonyl (C=O) groups is 1. The van der Waals surface area contributed by atoms with E-state index < -0.39 is 11.2 Å². The molecular formula is C10H15N5O5. The summed E-state index contributed by atoms with van der Waals surface area (Å²) < 4.78 is 5.08. The maximum Gasteiger partial charge on any atom is 0.414 e. The third-order valence-electron chi connectivity index (χ3n) is 1.68. The molecule has 0 bridgehead atoms. The van der Waals surface area contributed by atoms with Gasteiger partial charge in [-0.3, -0.25) is 0 Å². The lowest BCUT2D eigenvalue weighted by atomic mass is 10.3. The third-order valence-corrected chi connectivity index (χ3v) is 1.68. The van der Waals surface area contributed by atoms with E-state index in [2.05, 4.69) is 4.99 Å². The van der Waals surface area contributed by atoms with Gasteiger partial charge in [0.05, 0.1) is 0 Å². The number of hydrogen-bond acceptors (Lipinski definition) is 5. The molecule has 0 aliphatic heterocycles. The predicted octanol–water partition coefficient (Wildman–Crippen LogP) is 0.304. The fourth-order valence-electron chi connectivity index (χ4n) is 0.960. The van der Waals surface area contributed by atoms with Crippen molar-refractivity contribution in [3.63, 3.8) is 0 Å². The number of nitrogens with two attached hydrogens (primary N) is 2. The topological polar surface area (TPSA) is 157 Å². The summed E-state index contributed by atoms with van der Waals surface area (Å²) in [7, 11) is 3.18. The molecule has 0 spiro atoms. The van der Waals surface area contributed by atoms with Crippen molar-refractivity contribution >= 4 is 17.7 Å². The third kappa shape index (κ3) is 7.32. The molecule has 0 saturated heterocycles. The lowest BCUT2D eigenvalue weighted by Crippen LogP contribution is -2.25.